The number of hydrogen-bond acceptors (Lipinski definition) is 4. The average Bonchev–Trinajstić information content (AvgIpc) is 2.52. The summed E-state index contributed by atoms with van der Waals surface area (Å²) in [6.07, 6.45) is 1.71. The molecule has 0 saturated carbocycles. The van der Waals surface area contributed by atoms with Gasteiger partial charge in [0, 0.05) is 39.3 Å². The number of amides is 1. The highest BCUT2D eigenvalue weighted by Crippen LogP contribution is 2.21. The van der Waals surface area contributed by atoms with Crippen molar-refractivity contribution < 1.29 is 4.79 Å². The van der Waals surface area contributed by atoms with Gasteiger partial charge in [-0.25, -0.2) is 4.79 Å². The molecule has 1 aromatic heterocycles. The van der Waals surface area contributed by atoms with Crippen LogP contribution in [0.5, 0.6) is 0 Å². The Morgan fingerprint density at radius 3 is 2.73 bits per heavy atom. The normalized spacial score (nSPS) is 18.3. The zero-order valence-electron chi connectivity index (χ0n) is 13.5. The first kappa shape index (κ1) is 16.3. The first-order valence-corrected chi connectivity index (χ1v) is 7.83. The zero-order chi connectivity index (χ0) is 16.3. The maximum atomic E-state index is 12.2. The van der Waals surface area contributed by atoms with Gasteiger partial charge in [-0.3, -0.25) is 18.7 Å². The molecule has 1 aromatic rings. The van der Waals surface area contributed by atoms with Gasteiger partial charge in [0.15, 0.2) is 0 Å². The molecule has 2 heterocycles. The standard InChI is InChI=1S/C15H24N4O3/c1-4-16-14(21)11-7-6-8-18(10-11)12-9-13(20)17(3)15(22)19(12)5-2/h9,11H,4-8,10H2,1-3H3,(H,16,21). The number of piperidine rings is 1. The van der Waals surface area contributed by atoms with Crippen molar-refractivity contribution in [3.63, 3.8) is 0 Å². The fourth-order valence-electron chi connectivity index (χ4n) is 2.94. The summed E-state index contributed by atoms with van der Waals surface area (Å²) in [4.78, 5) is 38.2. The Labute approximate surface area is 129 Å². The molecule has 2 rings (SSSR count). The van der Waals surface area contributed by atoms with Gasteiger partial charge in [0.1, 0.15) is 5.82 Å². The number of hydrogen-bond donors (Lipinski definition) is 1. The molecule has 1 N–H and O–H groups in total. The molecule has 7 nitrogen and oxygen atoms in total. The van der Waals surface area contributed by atoms with Crippen LogP contribution in [-0.2, 0) is 18.4 Å². The van der Waals surface area contributed by atoms with Crippen molar-refractivity contribution in [2.75, 3.05) is 24.5 Å². The van der Waals surface area contributed by atoms with Crippen LogP contribution in [0.1, 0.15) is 26.7 Å². The SMILES string of the molecule is CCNC(=O)C1CCCN(c2cc(=O)n(C)c(=O)n2CC)C1. The van der Waals surface area contributed by atoms with Crippen molar-refractivity contribution in [1.82, 2.24) is 14.5 Å². The third-order valence-electron chi connectivity index (χ3n) is 4.16. The average molecular weight is 308 g/mol. The van der Waals surface area contributed by atoms with Crippen LogP contribution in [0.3, 0.4) is 0 Å². The topological polar surface area (TPSA) is 76.3 Å². The highest BCUT2D eigenvalue weighted by Gasteiger charge is 2.27. The third-order valence-corrected chi connectivity index (χ3v) is 4.16. The molecule has 0 radical (unpaired) electrons. The molecule has 122 valence electrons. The summed E-state index contributed by atoms with van der Waals surface area (Å²) in [6, 6.07) is 1.49. The van der Waals surface area contributed by atoms with Crippen LogP contribution < -0.4 is 21.5 Å². The molecule has 1 atom stereocenters. The Bertz CT molecular complexity index is 662. The number of carbonyl (C=O) groups is 1. The van der Waals surface area contributed by atoms with E-state index in [9.17, 15) is 14.4 Å². The lowest BCUT2D eigenvalue weighted by atomic mass is 9.97. The number of anilines is 1. The monoisotopic (exact) mass is 308 g/mol. The number of carbonyl (C=O) groups excluding carboxylic acids is 1. The Balaban J connectivity index is 2.33. The van der Waals surface area contributed by atoms with Gasteiger partial charge in [0.25, 0.3) is 5.56 Å². The highest BCUT2D eigenvalue weighted by molar-refractivity contribution is 5.79. The van der Waals surface area contributed by atoms with Gasteiger partial charge in [-0.1, -0.05) is 0 Å². The van der Waals surface area contributed by atoms with Crippen LogP contribution >= 0.6 is 0 Å². The van der Waals surface area contributed by atoms with E-state index in [0.717, 1.165) is 24.0 Å². The van der Waals surface area contributed by atoms with E-state index >= 15 is 0 Å². The van der Waals surface area contributed by atoms with Crippen molar-refractivity contribution >= 4 is 11.7 Å². The van der Waals surface area contributed by atoms with E-state index in [-0.39, 0.29) is 23.1 Å². The van der Waals surface area contributed by atoms with Crippen molar-refractivity contribution in [3.05, 3.63) is 26.9 Å². The van der Waals surface area contributed by atoms with E-state index in [1.807, 2.05) is 18.7 Å². The van der Waals surface area contributed by atoms with Gasteiger partial charge in [0.05, 0.1) is 5.92 Å². The second-order valence-corrected chi connectivity index (χ2v) is 5.61. The molecule has 7 heteroatoms. The fraction of sp³-hybridized carbons (Fsp3) is 0.667. The number of nitrogens with zero attached hydrogens (tertiary/aromatic N) is 3. The van der Waals surface area contributed by atoms with Gasteiger partial charge < -0.3 is 10.2 Å². The molecule has 0 bridgehead atoms. The quantitative estimate of drug-likeness (QED) is 0.844. The maximum Gasteiger partial charge on any atom is 0.332 e. The molecule has 1 aliphatic heterocycles. The Hall–Kier alpha value is -2.05. The summed E-state index contributed by atoms with van der Waals surface area (Å²) < 4.78 is 2.69. The molecular weight excluding hydrogens is 284 g/mol. The van der Waals surface area contributed by atoms with Gasteiger partial charge in [-0.05, 0) is 26.7 Å². The molecule has 22 heavy (non-hydrogen) atoms. The van der Waals surface area contributed by atoms with Crippen molar-refractivity contribution in [1.29, 1.82) is 0 Å². The van der Waals surface area contributed by atoms with E-state index in [2.05, 4.69) is 5.32 Å². The van der Waals surface area contributed by atoms with E-state index in [1.165, 1.54) is 13.1 Å². The fourth-order valence-corrected chi connectivity index (χ4v) is 2.94. The lowest BCUT2D eigenvalue weighted by Gasteiger charge is -2.34. The number of aromatic nitrogens is 2. The minimum atomic E-state index is -0.315. The zero-order valence-corrected chi connectivity index (χ0v) is 13.5. The van der Waals surface area contributed by atoms with E-state index in [0.29, 0.717) is 25.5 Å². The predicted octanol–water partition coefficient (Wildman–Crippen LogP) is -0.0806. The number of rotatable bonds is 4. The second-order valence-electron chi connectivity index (χ2n) is 5.61. The van der Waals surface area contributed by atoms with Crippen molar-refractivity contribution in [3.8, 4) is 0 Å². The molecule has 1 saturated heterocycles. The summed E-state index contributed by atoms with van der Waals surface area (Å²) in [5, 5.41) is 2.85. The smallest absolute Gasteiger partial charge is 0.332 e. The molecule has 1 unspecified atom stereocenters. The first-order valence-electron chi connectivity index (χ1n) is 7.83. The molecule has 1 fully saturated rings. The van der Waals surface area contributed by atoms with Crippen LogP contribution in [-0.4, -0.2) is 34.7 Å². The summed E-state index contributed by atoms with van der Waals surface area (Å²) in [5.41, 5.74) is -0.630. The minimum absolute atomic E-state index is 0.0430. The molecular formula is C15H24N4O3. The first-order chi connectivity index (χ1) is 10.5. The van der Waals surface area contributed by atoms with E-state index < -0.39 is 0 Å². The second kappa shape index (κ2) is 6.81. The Morgan fingerprint density at radius 2 is 2.09 bits per heavy atom. The van der Waals surface area contributed by atoms with Crippen LogP contribution in [0.25, 0.3) is 0 Å². The summed E-state index contributed by atoms with van der Waals surface area (Å²) in [5.74, 6) is 0.559. The van der Waals surface area contributed by atoms with Crippen LogP contribution in [0.15, 0.2) is 15.7 Å². The summed E-state index contributed by atoms with van der Waals surface area (Å²) in [6.45, 7) is 6.17. The van der Waals surface area contributed by atoms with Crippen molar-refractivity contribution in [2.45, 2.75) is 33.2 Å². The number of nitrogens with one attached hydrogen (secondary N) is 1. The van der Waals surface area contributed by atoms with Crippen LogP contribution in [0.2, 0.25) is 0 Å². The van der Waals surface area contributed by atoms with Crippen molar-refractivity contribution in [2.24, 2.45) is 13.0 Å². The molecule has 1 amide bonds. The lowest BCUT2D eigenvalue weighted by molar-refractivity contribution is -0.125. The van der Waals surface area contributed by atoms with Crippen LogP contribution in [0, 0.1) is 5.92 Å². The Morgan fingerprint density at radius 1 is 1.36 bits per heavy atom. The van der Waals surface area contributed by atoms with Gasteiger partial charge in [0.2, 0.25) is 5.91 Å². The maximum absolute atomic E-state index is 12.2. The largest absolute Gasteiger partial charge is 0.357 e. The molecule has 0 aromatic carbocycles. The van der Waals surface area contributed by atoms with E-state index in [1.54, 1.807) is 4.57 Å². The van der Waals surface area contributed by atoms with Crippen LogP contribution in [0.4, 0.5) is 5.82 Å². The Kier molecular flexibility index (Phi) is 5.05. The molecule has 0 aliphatic carbocycles. The predicted molar refractivity (Wildman–Crippen MR) is 85.2 cm³/mol. The minimum Gasteiger partial charge on any atom is -0.357 e. The van der Waals surface area contributed by atoms with Gasteiger partial charge >= 0.3 is 5.69 Å². The van der Waals surface area contributed by atoms with Gasteiger partial charge in [-0.15, -0.1) is 0 Å². The van der Waals surface area contributed by atoms with Gasteiger partial charge in [-0.2, -0.15) is 0 Å². The third kappa shape index (κ3) is 3.08. The summed E-state index contributed by atoms with van der Waals surface area (Å²) >= 11 is 0. The highest BCUT2D eigenvalue weighted by atomic mass is 16.2. The molecule has 0 spiro atoms. The molecule has 1 aliphatic rings. The summed E-state index contributed by atoms with van der Waals surface area (Å²) in [7, 11) is 1.48. The van der Waals surface area contributed by atoms with E-state index in [4.69, 9.17) is 0 Å². The lowest BCUT2D eigenvalue weighted by Crippen LogP contribution is -2.47.